The van der Waals surface area contributed by atoms with Crippen molar-refractivity contribution in [3.8, 4) is 11.5 Å². The molecule has 7 heteroatoms. The molecule has 1 unspecified atom stereocenters. The molecule has 2 heterocycles. The van der Waals surface area contributed by atoms with Gasteiger partial charge in [-0.15, -0.1) is 11.8 Å². The number of benzene rings is 2. The molecule has 1 saturated heterocycles. The molecule has 1 N–H and O–H groups in total. The Bertz CT molecular complexity index is 906. The molecule has 1 fully saturated rings. The van der Waals surface area contributed by atoms with Gasteiger partial charge in [0.25, 0.3) is 0 Å². The van der Waals surface area contributed by atoms with Gasteiger partial charge in [-0.25, -0.2) is 4.79 Å². The van der Waals surface area contributed by atoms with Crippen LogP contribution < -0.4 is 14.8 Å². The van der Waals surface area contributed by atoms with Gasteiger partial charge in [-0.2, -0.15) is 0 Å². The number of carbonyl (C=O) groups is 1. The minimum atomic E-state index is -0.0775. The van der Waals surface area contributed by atoms with E-state index >= 15 is 0 Å². The van der Waals surface area contributed by atoms with E-state index in [0.29, 0.717) is 19.1 Å². The summed E-state index contributed by atoms with van der Waals surface area (Å²) in [6.45, 7) is 5.98. The zero-order valence-electron chi connectivity index (χ0n) is 19.0. The molecule has 0 saturated carbocycles. The van der Waals surface area contributed by atoms with Crippen molar-refractivity contribution in [1.29, 1.82) is 0 Å². The second-order valence-corrected chi connectivity index (χ2v) is 9.38. The number of amides is 2. The van der Waals surface area contributed by atoms with Crippen LogP contribution in [0, 0.1) is 0 Å². The summed E-state index contributed by atoms with van der Waals surface area (Å²) in [4.78, 5) is 18.8. The zero-order valence-corrected chi connectivity index (χ0v) is 19.8. The fourth-order valence-corrected chi connectivity index (χ4v) is 4.75. The maximum atomic E-state index is 13.2. The third kappa shape index (κ3) is 5.90. The molecule has 1 atom stereocenters. The smallest absolute Gasteiger partial charge is 0.322 e. The highest BCUT2D eigenvalue weighted by molar-refractivity contribution is 7.98. The fraction of sp³-hybridized carbons (Fsp3) is 0.480. The SMILES string of the molecule is CSc1ccc(NC(=O)N(CCCN2CCCCC2C)Cc2ccc3c(c2)OCO3)cc1. The van der Waals surface area contributed by atoms with E-state index in [0.717, 1.165) is 42.3 Å². The molecule has 0 aromatic heterocycles. The standard InChI is InChI=1S/C25H33N3O3S/c1-19-6-3-4-13-27(19)14-5-15-28(17-20-7-12-23-24(16-20)31-18-30-23)25(29)26-21-8-10-22(32-2)11-9-21/h7-12,16,19H,3-6,13-15,17-18H2,1-2H3,(H,26,29). The molecule has 6 nitrogen and oxygen atoms in total. The van der Waals surface area contributed by atoms with Crippen molar-refractivity contribution < 1.29 is 14.3 Å². The van der Waals surface area contributed by atoms with Crippen molar-refractivity contribution >= 4 is 23.5 Å². The lowest BCUT2D eigenvalue weighted by Gasteiger charge is -2.34. The van der Waals surface area contributed by atoms with Gasteiger partial charge in [0.15, 0.2) is 11.5 Å². The van der Waals surface area contributed by atoms with Crippen molar-refractivity contribution in [3.63, 3.8) is 0 Å². The number of nitrogens with one attached hydrogen (secondary N) is 1. The van der Waals surface area contributed by atoms with Crippen LogP contribution in [0.5, 0.6) is 11.5 Å². The lowest BCUT2D eigenvalue weighted by Crippen LogP contribution is -2.40. The molecule has 2 aliphatic rings. The topological polar surface area (TPSA) is 54.0 Å². The summed E-state index contributed by atoms with van der Waals surface area (Å²) >= 11 is 1.69. The van der Waals surface area contributed by atoms with Gasteiger partial charge in [-0.05, 0) is 80.9 Å². The first kappa shape index (κ1) is 22.8. The molecule has 172 valence electrons. The summed E-state index contributed by atoms with van der Waals surface area (Å²) in [5.74, 6) is 1.51. The van der Waals surface area contributed by atoms with Gasteiger partial charge in [-0.3, -0.25) is 0 Å². The molecular weight excluding hydrogens is 422 g/mol. The quantitative estimate of drug-likeness (QED) is 0.538. The van der Waals surface area contributed by atoms with E-state index in [2.05, 4.69) is 17.1 Å². The minimum Gasteiger partial charge on any atom is -0.454 e. The van der Waals surface area contributed by atoms with Crippen LogP contribution in [0.4, 0.5) is 10.5 Å². The second kappa shape index (κ2) is 11.0. The summed E-state index contributed by atoms with van der Waals surface area (Å²) in [6.07, 6.45) is 6.87. The largest absolute Gasteiger partial charge is 0.454 e. The van der Waals surface area contributed by atoms with E-state index in [1.807, 2.05) is 53.6 Å². The maximum Gasteiger partial charge on any atom is 0.322 e. The third-order valence-electron chi connectivity index (χ3n) is 6.25. The van der Waals surface area contributed by atoms with Crippen molar-refractivity contribution in [3.05, 3.63) is 48.0 Å². The number of urea groups is 1. The predicted molar refractivity (Wildman–Crippen MR) is 130 cm³/mol. The first-order valence-electron chi connectivity index (χ1n) is 11.4. The van der Waals surface area contributed by atoms with Crippen LogP contribution in [0.3, 0.4) is 0 Å². The Labute approximate surface area is 195 Å². The molecule has 2 aromatic carbocycles. The van der Waals surface area contributed by atoms with E-state index in [1.54, 1.807) is 11.8 Å². The van der Waals surface area contributed by atoms with Crippen LogP contribution in [-0.2, 0) is 6.54 Å². The molecule has 0 radical (unpaired) electrons. The van der Waals surface area contributed by atoms with E-state index in [4.69, 9.17) is 9.47 Å². The maximum absolute atomic E-state index is 13.2. The van der Waals surface area contributed by atoms with E-state index in [1.165, 1.54) is 24.2 Å². The number of rotatable bonds is 8. The number of piperidine rings is 1. The minimum absolute atomic E-state index is 0.0775. The van der Waals surface area contributed by atoms with Gasteiger partial charge in [0.2, 0.25) is 6.79 Å². The molecule has 0 aliphatic carbocycles. The first-order chi connectivity index (χ1) is 15.6. The highest BCUT2D eigenvalue weighted by atomic mass is 32.2. The van der Waals surface area contributed by atoms with Gasteiger partial charge in [0.1, 0.15) is 0 Å². The molecule has 0 bridgehead atoms. The van der Waals surface area contributed by atoms with Gasteiger partial charge >= 0.3 is 6.03 Å². The zero-order chi connectivity index (χ0) is 22.3. The van der Waals surface area contributed by atoms with Crippen LogP contribution in [0.2, 0.25) is 0 Å². The van der Waals surface area contributed by atoms with Crippen molar-refractivity contribution in [2.24, 2.45) is 0 Å². The van der Waals surface area contributed by atoms with Crippen molar-refractivity contribution in [2.45, 2.75) is 50.1 Å². The predicted octanol–water partition coefficient (Wildman–Crippen LogP) is 5.44. The second-order valence-electron chi connectivity index (χ2n) is 8.50. The number of hydrogen-bond acceptors (Lipinski definition) is 5. The van der Waals surface area contributed by atoms with Gasteiger partial charge < -0.3 is 24.6 Å². The highest BCUT2D eigenvalue weighted by Crippen LogP contribution is 2.33. The average molecular weight is 456 g/mol. The van der Waals surface area contributed by atoms with Crippen LogP contribution in [0.25, 0.3) is 0 Å². The molecule has 2 aliphatic heterocycles. The molecule has 4 rings (SSSR count). The summed E-state index contributed by atoms with van der Waals surface area (Å²) in [6, 6.07) is 14.4. The Morgan fingerprint density at radius 2 is 1.97 bits per heavy atom. The van der Waals surface area contributed by atoms with Crippen LogP contribution in [0.1, 0.15) is 38.2 Å². The number of ether oxygens (including phenoxy) is 2. The molecule has 2 aromatic rings. The Balaban J connectivity index is 1.41. The number of anilines is 1. The lowest BCUT2D eigenvalue weighted by molar-refractivity contribution is 0.150. The Kier molecular flexibility index (Phi) is 7.81. The number of thioether (sulfide) groups is 1. The van der Waals surface area contributed by atoms with E-state index < -0.39 is 0 Å². The Hall–Kier alpha value is -2.38. The normalized spacial score (nSPS) is 17.9. The molecule has 32 heavy (non-hydrogen) atoms. The summed E-state index contributed by atoms with van der Waals surface area (Å²) in [5, 5.41) is 3.07. The number of hydrogen-bond donors (Lipinski definition) is 1. The van der Waals surface area contributed by atoms with Crippen molar-refractivity contribution in [1.82, 2.24) is 9.80 Å². The van der Waals surface area contributed by atoms with Gasteiger partial charge in [-0.1, -0.05) is 12.5 Å². The number of nitrogens with zero attached hydrogens (tertiary/aromatic N) is 2. The number of carbonyl (C=O) groups excluding carboxylic acids is 1. The summed E-state index contributed by atoms with van der Waals surface area (Å²) < 4.78 is 10.9. The molecule has 0 spiro atoms. The monoisotopic (exact) mass is 455 g/mol. The van der Waals surface area contributed by atoms with E-state index in [9.17, 15) is 4.79 Å². The lowest BCUT2D eigenvalue weighted by atomic mass is 10.0. The Morgan fingerprint density at radius 3 is 2.75 bits per heavy atom. The third-order valence-corrected chi connectivity index (χ3v) is 7.00. The highest BCUT2D eigenvalue weighted by Gasteiger charge is 2.20. The average Bonchev–Trinajstić information content (AvgIpc) is 3.28. The van der Waals surface area contributed by atoms with Gasteiger partial charge in [0, 0.05) is 36.3 Å². The van der Waals surface area contributed by atoms with Crippen molar-refractivity contribution in [2.75, 3.05) is 38.0 Å². The summed E-state index contributed by atoms with van der Waals surface area (Å²) in [5.41, 5.74) is 1.85. The summed E-state index contributed by atoms with van der Waals surface area (Å²) in [7, 11) is 0. The number of fused-ring (bicyclic) bond motifs is 1. The Morgan fingerprint density at radius 1 is 1.16 bits per heavy atom. The molecular formula is C25H33N3O3S. The van der Waals surface area contributed by atoms with Crippen LogP contribution in [0.15, 0.2) is 47.4 Å². The number of likely N-dealkylation sites (tertiary alicyclic amines) is 1. The van der Waals surface area contributed by atoms with Gasteiger partial charge in [0.05, 0.1) is 0 Å². The van der Waals surface area contributed by atoms with E-state index in [-0.39, 0.29) is 12.8 Å². The van der Waals surface area contributed by atoms with Crippen LogP contribution in [-0.4, -0.2) is 54.6 Å². The van der Waals surface area contributed by atoms with Crippen LogP contribution >= 0.6 is 11.8 Å². The first-order valence-corrected chi connectivity index (χ1v) is 12.7. The molecule has 2 amide bonds. The fourth-order valence-electron chi connectivity index (χ4n) is 4.34.